The highest BCUT2D eigenvalue weighted by Gasteiger charge is 2.28. The average Bonchev–Trinajstić information content (AvgIpc) is 2.60. The van der Waals surface area contributed by atoms with Crippen molar-refractivity contribution >= 4 is 17.3 Å². The lowest BCUT2D eigenvalue weighted by Gasteiger charge is -2.25. The van der Waals surface area contributed by atoms with E-state index in [2.05, 4.69) is 10.4 Å². The standard InChI is InChI=1S/C8H10ClFN4O2/c9-8-7(14(15)16)4-12-13(8)6-1-5(10)2-11-3-6/h4-6,11H,1-3H2/t5-,6-/m0/s1. The van der Waals surface area contributed by atoms with Crippen LogP contribution in [0.5, 0.6) is 0 Å². The molecule has 1 saturated heterocycles. The summed E-state index contributed by atoms with van der Waals surface area (Å²) in [5.41, 5.74) is -0.248. The van der Waals surface area contributed by atoms with Gasteiger partial charge in [0.1, 0.15) is 12.4 Å². The lowest BCUT2D eigenvalue weighted by atomic mass is 10.1. The Bertz CT molecular complexity index is 411. The number of aromatic nitrogens is 2. The molecule has 1 N–H and O–H groups in total. The van der Waals surface area contributed by atoms with Crippen molar-refractivity contribution in [2.75, 3.05) is 13.1 Å². The van der Waals surface area contributed by atoms with Gasteiger partial charge in [0, 0.05) is 19.5 Å². The van der Waals surface area contributed by atoms with Gasteiger partial charge in [0.25, 0.3) is 0 Å². The van der Waals surface area contributed by atoms with Crippen LogP contribution in [-0.4, -0.2) is 34.0 Å². The van der Waals surface area contributed by atoms with Crippen LogP contribution in [0.2, 0.25) is 5.15 Å². The number of hydrogen-bond donors (Lipinski definition) is 1. The van der Waals surface area contributed by atoms with E-state index in [1.807, 2.05) is 0 Å². The largest absolute Gasteiger partial charge is 0.325 e. The molecule has 16 heavy (non-hydrogen) atoms. The van der Waals surface area contributed by atoms with E-state index in [0.29, 0.717) is 13.1 Å². The minimum atomic E-state index is -0.974. The van der Waals surface area contributed by atoms with Crippen LogP contribution >= 0.6 is 11.6 Å². The summed E-state index contributed by atoms with van der Waals surface area (Å²) in [6, 6.07) is -0.273. The summed E-state index contributed by atoms with van der Waals surface area (Å²) in [7, 11) is 0. The average molecular weight is 249 g/mol. The summed E-state index contributed by atoms with van der Waals surface area (Å²) in [5, 5.41) is 17.2. The van der Waals surface area contributed by atoms with Crippen molar-refractivity contribution in [2.24, 2.45) is 0 Å². The maximum Gasteiger partial charge on any atom is 0.325 e. The fraction of sp³-hybridized carbons (Fsp3) is 0.625. The maximum atomic E-state index is 13.1. The van der Waals surface area contributed by atoms with E-state index < -0.39 is 11.1 Å². The van der Waals surface area contributed by atoms with Crippen LogP contribution < -0.4 is 5.32 Å². The first-order chi connectivity index (χ1) is 7.59. The van der Waals surface area contributed by atoms with Gasteiger partial charge in [0.15, 0.2) is 0 Å². The molecule has 8 heteroatoms. The summed E-state index contributed by atoms with van der Waals surface area (Å²) in [5.74, 6) is 0. The van der Waals surface area contributed by atoms with Gasteiger partial charge in [0.2, 0.25) is 5.15 Å². The Labute approximate surface area is 95.5 Å². The molecule has 2 heterocycles. The Morgan fingerprint density at radius 2 is 2.44 bits per heavy atom. The predicted octanol–water partition coefficient (Wildman–Crippen LogP) is 1.32. The summed E-state index contributed by atoms with van der Waals surface area (Å²) in [6.45, 7) is 0.816. The molecule has 1 aliphatic heterocycles. The van der Waals surface area contributed by atoms with Gasteiger partial charge in [-0.3, -0.25) is 10.1 Å². The van der Waals surface area contributed by atoms with Crippen LogP contribution in [0.15, 0.2) is 6.20 Å². The van der Waals surface area contributed by atoms with Gasteiger partial charge in [0.05, 0.1) is 11.0 Å². The fourth-order valence-corrected chi connectivity index (χ4v) is 2.07. The molecule has 2 rings (SSSR count). The topological polar surface area (TPSA) is 73.0 Å². The molecule has 0 aromatic carbocycles. The third-order valence-electron chi connectivity index (χ3n) is 2.53. The fourth-order valence-electron chi connectivity index (χ4n) is 1.77. The van der Waals surface area contributed by atoms with Gasteiger partial charge in [-0.1, -0.05) is 11.6 Å². The maximum absolute atomic E-state index is 13.1. The van der Waals surface area contributed by atoms with Gasteiger partial charge in [-0.2, -0.15) is 5.10 Å². The predicted molar refractivity (Wildman–Crippen MR) is 55.3 cm³/mol. The normalized spacial score (nSPS) is 25.6. The van der Waals surface area contributed by atoms with E-state index in [4.69, 9.17) is 11.6 Å². The number of piperidine rings is 1. The third kappa shape index (κ3) is 2.00. The third-order valence-corrected chi connectivity index (χ3v) is 2.90. The van der Waals surface area contributed by atoms with Crippen LogP contribution in [0.1, 0.15) is 12.5 Å². The smallest absolute Gasteiger partial charge is 0.312 e. The summed E-state index contributed by atoms with van der Waals surface area (Å²) < 4.78 is 14.4. The molecule has 1 aromatic heterocycles. The number of nitrogens with one attached hydrogen (secondary N) is 1. The first-order valence-electron chi connectivity index (χ1n) is 4.81. The van der Waals surface area contributed by atoms with Crippen LogP contribution in [0, 0.1) is 10.1 Å². The molecule has 1 aromatic rings. The molecule has 0 bridgehead atoms. The van der Waals surface area contributed by atoms with E-state index in [9.17, 15) is 14.5 Å². The zero-order chi connectivity index (χ0) is 11.7. The molecule has 6 nitrogen and oxygen atoms in total. The number of alkyl halides is 1. The lowest BCUT2D eigenvalue weighted by Crippen LogP contribution is -2.38. The minimum Gasteiger partial charge on any atom is -0.312 e. The molecule has 0 spiro atoms. The van der Waals surface area contributed by atoms with Crippen LogP contribution in [-0.2, 0) is 0 Å². The van der Waals surface area contributed by atoms with E-state index in [0.717, 1.165) is 6.20 Å². The van der Waals surface area contributed by atoms with E-state index in [-0.39, 0.29) is 23.3 Å². The Kier molecular flexibility index (Phi) is 3.06. The van der Waals surface area contributed by atoms with Gasteiger partial charge < -0.3 is 5.32 Å². The van der Waals surface area contributed by atoms with Gasteiger partial charge in [-0.25, -0.2) is 9.07 Å². The molecule has 88 valence electrons. The number of halogens is 2. The molecule has 0 unspecified atom stereocenters. The number of hydrogen-bond acceptors (Lipinski definition) is 4. The van der Waals surface area contributed by atoms with E-state index >= 15 is 0 Å². The van der Waals surface area contributed by atoms with Gasteiger partial charge in [-0.05, 0) is 0 Å². The van der Waals surface area contributed by atoms with Crippen LogP contribution in [0.4, 0.5) is 10.1 Å². The Morgan fingerprint density at radius 1 is 1.69 bits per heavy atom. The number of rotatable bonds is 2. The highest BCUT2D eigenvalue weighted by molar-refractivity contribution is 6.31. The van der Waals surface area contributed by atoms with Crippen molar-refractivity contribution in [2.45, 2.75) is 18.6 Å². The van der Waals surface area contributed by atoms with Crippen molar-refractivity contribution in [3.05, 3.63) is 21.5 Å². The van der Waals surface area contributed by atoms with Crippen LogP contribution in [0.3, 0.4) is 0 Å². The molecule has 1 aliphatic rings. The molecule has 2 atom stereocenters. The molecule has 1 fully saturated rings. The highest BCUT2D eigenvalue weighted by atomic mass is 35.5. The minimum absolute atomic E-state index is 0.0501. The zero-order valence-corrected chi connectivity index (χ0v) is 9.02. The zero-order valence-electron chi connectivity index (χ0n) is 8.27. The molecule has 0 aliphatic carbocycles. The monoisotopic (exact) mass is 248 g/mol. The molecular formula is C8H10ClFN4O2. The molecule has 0 saturated carbocycles. The quantitative estimate of drug-likeness (QED) is 0.633. The second-order valence-electron chi connectivity index (χ2n) is 3.67. The number of nitro groups is 1. The van der Waals surface area contributed by atoms with Gasteiger partial charge in [-0.15, -0.1) is 0 Å². The molecule has 0 radical (unpaired) electrons. The number of nitrogens with zero attached hydrogens (tertiary/aromatic N) is 3. The second-order valence-corrected chi connectivity index (χ2v) is 4.03. The summed E-state index contributed by atoms with van der Waals surface area (Å²) in [6.07, 6.45) is 0.383. The Hall–Kier alpha value is -1.21. The van der Waals surface area contributed by atoms with Crippen molar-refractivity contribution < 1.29 is 9.31 Å². The van der Waals surface area contributed by atoms with Gasteiger partial charge >= 0.3 is 5.69 Å². The van der Waals surface area contributed by atoms with E-state index in [1.54, 1.807) is 0 Å². The first kappa shape index (κ1) is 11.3. The summed E-state index contributed by atoms with van der Waals surface area (Å²) in [4.78, 5) is 9.96. The first-order valence-corrected chi connectivity index (χ1v) is 5.19. The molecular weight excluding hydrogens is 239 g/mol. The van der Waals surface area contributed by atoms with Crippen molar-refractivity contribution in [1.82, 2.24) is 15.1 Å². The van der Waals surface area contributed by atoms with Crippen molar-refractivity contribution in [3.8, 4) is 0 Å². The SMILES string of the molecule is O=[N+]([O-])c1cnn([C@@H]2CNC[C@@H](F)C2)c1Cl. The molecule has 0 amide bonds. The second kappa shape index (κ2) is 4.34. The highest BCUT2D eigenvalue weighted by Crippen LogP contribution is 2.29. The van der Waals surface area contributed by atoms with E-state index in [1.165, 1.54) is 4.68 Å². The lowest BCUT2D eigenvalue weighted by molar-refractivity contribution is -0.384. The van der Waals surface area contributed by atoms with Crippen LogP contribution in [0.25, 0.3) is 0 Å². The summed E-state index contributed by atoms with van der Waals surface area (Å²) >= 11 is 5.81. The van der Waals surface area contributed by atoms with Crippen molar-refractivity contribution in [3.63, 3.8) is 0 Å². The Balaban J connectivity index is 2.23. The van der Waals surface area contributed by atoms with Crippen molar-refractivity contribution in [1.29, 1.82) is 0 Å². The Morgan fingerprint density at radius 3 is 3.00 bits per heavy atom.